The molecule has 1 N–H and O–H groups in total. The van der Waals surface area contributed by atoms with Crippen LogP contribution >= 0.6 is 0 Å². The fraction of sp³-hybridized carbons (Fsp3) is 0.700. The van der Waals surface area contributed by atoms with Crippen molar-refractivity contribution in [2.45, 2.75) is 33.6 Å². The van der Waals surface area contributed by atoms with E-state index in [4.69, 9.17) is 0 Å². The summed E-state index contributed by atoms with van der Waals surface area (Å²) in [6.45, 7) is 5.89. The molecule has 1 rings (SSSR count). The lowest BCUT2D eigenvalue weighted by molar-refractivity contribution is -0.115. The average Bonchev–Trinajstić information content (AvgIpc) is 2.25. The van der Waals surface area contributed by atoms with Gasteiger partial charge in [-0.15, -0.1) is 0 Å². The van der Waals surface area contributed by atoms with Crippen LogP contribution < -0.4 is 0 Å². The monoisotopic (exact) mass is 168 g/mol. The second-order valence-corrected chi connectivity index (χ2v) is 3.69. The lowest BCUT2D eigenvalue weighted by Gasteiger charge is -2.06. The van der Waals surface area contributed by atoms with Crippen molar-refractivity contribution in [2.75, 3.05) is 0 Å². The summed E-state index contributed by atoms with van der Waals surface area (Å²) in [6.07, 6.45) is 1.36. The van der Waals surface area contributed by atoms with Crippen LogP contribution in [0.1, 0.15) is 33.6 Å². The first-order chi connectivity index (χ1) is 5.57. The Bertz CT molecular complexity index is 226. The third-order valence-corrected chi connectivity index (χ3v) is 2.47. The van der Waals surface area contributed by atoms with Gasteiger partial charge in [0.2, 0.25) is 0 Å². The van der Waals surface area contributed by atoms with Gasteiger partial charge in [-0.05, 0) is 12.3 Å². The molecule has 0 aromatic heterocycles. The molecule has 0 amide bonds. The number of carbonyl (C=O) groups is 1. The van der Waals surface area contributed by atoms with Crippen molar-refractivity contribution < 1.29 is 9.90 Å². The van der Waals surface area contributed by atoms with Crippen molar-refractivity contribution >= 4 is 5.78 Å². The van der Waals surface area contributed by atoms with Crippen LogP contribution in [0.4, 0.5) is 0 Å². The number of aliphatic hydroxyl groups excluding tert-OH is 1. The Hall–Kier alpha value is -0.790. The molecule has 1 aliphatic rings. The molecule has 0 aromatic carbocycles. The van der Waals surface area contributed by atoms with Crippen LogP contribution in [0.2, 0.25) is 0 Å². The highest BCUT2D eigenvalue weighted by Crippen LogP contribution is 2.33. The minimum absolute atomic E-state index is 0.0925. The molecule has 0 saturated carbocycles. The molecule has 0 aliphatic heterocycles. The predicted molar refractivity (Wildman–Crippen MR) is 47.9 cm³/mol. The summed E-state index contributed by atoms with van der Waals surface area (Å²) in [5.41, 5.74) is 0.654. The number of hydrogen-bond acceptors (Lipinski definition) is 2. The zero-order valence-corrected chi connectivity index (χ0v) is 7.92. The fourth-order valence-electron chi connectivity index (χ4n) is 1.75. The van der Waals surface area contributed by atoms with Crippen molar-refractivity contribution in [3.05, 3.63) is 11.3 Å². The van der Waals surface area contributed by atoms with E-state index >= 15 is 0 Å². The van der Waals surface area contributed by atoms with Gasteiger partial charge in [-0.2, -0.15) is 0 Å². The molecule has 2 heteroatoms. The summed E-state index contributed by atoms with van der Waals surface area (Å²) in [5.74, 6) is 0.732. The number of Topliss-reactive ketones (excluding diaryl/α,β-unsaturated/α-hetero) is 1. The van der Waals surface area contributed by atoms with E-state index in [9.17, 15) is 9.90 Å². The summed E-state index contributed by atoms with van der Waals surface area (Å²) in [7, 11) is 0. The number of aliphatic hydroxyl groups is 1. The summed E-state index contributed by atoms with van der Waals surface area (Å²) in [5, 5.41) is 9.65. The van der Waals surface area contributed by atoms with E-state index in [0.717, 1.165) is 6.42 Å². The molecule has 0 saturated heterocycles. The highest BCUT2D eigenvalue weighted by Gasteiger charge is 2.32. The van der Waals surface area contributed by atoms with Crippen molar-refractivity contribution in [1.29, 1.82) is 0 Å². The van der Waals surface area contributed by atoms with E-state index in [1.807, 2.05) is 20.8 Å². The Morgan fingerprint density at radius 1 is 1.58 bits per heavy atom. The first-order valence-electron chi connectivity index (χ1n) is 4.54. The SMILES string of the molecule is CCC1CC(=O)C(C(C)C)=C1O. The maximum atomic E-state index is 11.4. The molecule has 0 heterocycles. The van der Waals surface area contributed by atoms with E-state index in [-0.39, 0.29) is 17.6 Å². The Kier molecular flexibility index (Phi) is 2.55. The van der Waals surface area contributed by atoms with Gasteiger partial charge in [-0.3, -0.25) is 4.79 Å². The lowest BCUT2D eigenvalue weighted by atomic mass is 10.0. The van der Waals surface area contributed by atoms with Gasteiger partial charge in [-0.25, -0.2) is 0 Å². The van der Waals surface area contributed by atoms with Gasteiger partial charge in [-0.1, -0.05) is 20.8 Å². The van der Waals surface area contributed by atoms with Gasteiger partial charge in [0.25, 0.3) is 0 Å². The predicted octanol–water partition coefficient (Wildman–Crippen LogP) is 2.45. The molecule has 0 aromatic rings. The van der Waals surface area contributed by atoms with Gasteiger partial charge in [0.15, 0.2) is 5.78 Å². The van der Waals surface area contributed by atoms with Crippen LogP contribution in [0, 0.1) is 11.8 Å². The molecule has 1 atom stereocenters. The fourth-order valence-corrected chi connectivity index (χ4v) is 1.75. The minimum atomic E-state index is 0.0925. The summed E-state index contributed by atoms with van der Waals surface area (Å²) >= 11 is 0. The van der Waals surface area contributed by atoms with E-state index in [1.54, 1.807) is 0 Å². The van der Waals surface area contributed by atoms with Crippen molar-refractivity contribution in [3.63, 3.8) is 0 Å². The smallest absolute Gasteiger partial charge is 0.163 e. The zero-order chi connectivity index (χ0) is 9.30. The van der Waals surface area contributed by atoms with Crippen molar-refractivity contribution in [2.24, 2.45) is 11.8 Å². The van der Waals surface area contributed by atoms with Gasteiger partial charge in [0.05, 0.1) is 0 Å². The Morgan fingerprint density at radius 3 is 2.42 bits per heavy atom. The first kappa shape index (κ1) is 9.30. The second-order valence-electron chi connectivity index (χ2n) is 3.69. The number of carbonyl (C=O) groups excluding carboxylic acids is 1. The molecule has 0 bridgehead atoms. The quantitative estimate of drug-likeness (QED) is 0.687. The van der Waals surface area contributed by atoms with Gasteiger partial charge in [0, 0.05) is 17.9 Å². The largest absolute Gasteiger partial charge is 0.512 e. The summed E-state index contributed by atoms with van der Waals surface area (Å²) in [4.78, 5) is 11.4. The second kappa shape index (κ2) is 3.30. The zero-order valence-electron chi connectivity index (χ0n) is 7.92. The van der Waals surface area contributed by atoms with Crippen molar-refractivity contribution in [1.82, 2.24) is 0 Å². The normalized spacial score (nSPS) is 24.3. The highest BCUT2D eigenvalue weighted by molar-refractivity contribution is 5.99. The average molecular weight is 168 g/mol. The summed E-state index contributed by atoms with van der Waals surface area (Å²) in [6, 6.07) is 0. The van der Waals surface area contributed by atoms with Gasteiger partial charge < -0.3 is 5.11 Å². The van der Waals surface area contributed by atoms with Crippen LogP contribution in [0.3, 0.4) is 0 Å². The molecule has 0 spiro atoms. The van der Waals surface area contributed by atoms with Crippen LogP contribution in [-0.4, -0.2) is 10.9 Å². The standard InChI is InChI=1S/C10H16O2/c1-4-7-5-8(11)9(6(2)3)10(7)12/h6-7,12H,4-5H2,1-3H3. The Morgan fingerprint density at radius 2 is 2.17 bits per heavy atom. The number of hydrogen-bond donors (Lipinski definition) is 1. The number of allylic oxidation sites excluding steroid dienone is 2. The molecule has 1 unspecified atom stereocenters. The van der Waals surface area contributed by atoms with Crippen LogP contribution in [-0.2, 0) is 4.79 Å². The van der Waals surface area contributed by atoms with E-state index < -0.39 is 0 Å². The number of rotatable bonds is 2. The third kappa shape index (κ3) is 1.38. The van der Waals surface area contributed by atoms with Gasteiger partial charge in [0.1, 0.15) is 5.76 Å². The van der Waals surface area contributed by atoms with Crippen LogP contribution in [0.15, 0.2) is 11.3 Å². The van der Waals surface area contributed by atoms with Crippen LogP contribution in [0.5, 0.6) is 0 Å². The van der Waals surface area contributed by atoms with E-state index in [1.165, 1.54) is 0 Å². The Balaban J connectivity index is 2.93. The molecule has 0 fully saturated rings. The van der Waals surface area contributed by atoms with Crippen LogP contribution in [0.25, 0.3) is 0 Å². The Labute approximate surface area is 73.3 Å². The van der Waals surface area contributed by atoms with Crippen molar-refractivity contribution in [3.8, 4) is 0 Å². The number of ketones is 1. The van der Waals surface area contributed by atoms with E-state index in [0.29, 0.717) is 17.8 Å². The molecule has 2 nitrogen and oxygen atoms in total. The maximum Gasteiger partial charge on any atom is 0.163 e. The maximum absolute atomic E-state index is 11.4. The molecule has 0 radical (unpaired) electrons. The lowest BCUT2D eigenvalue weighted by Crippen LogP contribution is -2.03. The summed E-state index contributed by atoms with van der Waals surface area (Å²) < 4.78 is 0. The van der Waals surface area contributed by atoms with Gasteiger partial charge >= 0.3 is 0 Å². The molecule has 68 valence electrons. The first-order valence-corrected chi connectivity index (χ1v) is 4.54. The molecule has 12 heavy (non-hydrogen) atoms. The molecular formula is C10H16O2. The third-order valence-electron chi connectivity index (χ3n) is 2.47. The van der Waals surface area contributed by atoms with E-state index in [2.05, 4.69) is 0 Å². The topological polar surface area (TPSA) is 37.3 Å². The molecule has 1 aliphatic carbocycles. The molecular weight excluding hydrogens is 152 g/mol. The minimum Gasteiger partial charge on any atom is -0.512 e. The highest BCUT2D eigenvalue weighted by atomic mass is 16.3.